The Balaban J connectivity index is 1.47. The lowest BCUT2D eigenvalue weighted by Gasteiger charge is -2.36. The molecule has 1 saturated heterocycles. The molecular weight excluding hydrogens is 362 g/mol. The summed E-state index contributed by atoms with van der Waals surface area (Å²) in [4.78, 5) is 29.0. The van der Waals surface area contributed by atoms with Crippen LogP contribution in [0.25, 0.3) is 0 Å². The number of nitrogens with one attached hydrogen (secondary N) is 1. The summed E-state index contributed by atoms with van der Waals surface area (Å²) in [5, 5.41) is 3.53. The zero-order valence-corrected chi connectivity index (χ0v) is 16.2. The van der Waals surface area contributed by atoms with E-state index in [2.05, 4.69) is 10.2 Å². The van der Waals surface area contributed by atoms with E-state index in [0.717, 1.165) is 24.7 Å². The van der Waals surface area contributed by atoms with Gasteiger partial charge in [-0.3, -0.25) is 14.5 Å². The Labute approximate surface area is 164 Å². The van der Waals surface area contributed by atoms with Crippen molar-refractivity contribution < 1.29 is 9.59 Å². The second kappa shape index (κ2) is 9.02. The quantitative estimate of drug-likeness (QED) is 0.861. The molecule has 6 heteroatoms. The summed E-state index contributed by atoms with van der Waals surface area (Å²) >= 11 is 5.93. The van der Waals surface area contributed by atoms with Gasteiger partial charge in [0.15, 0.2) is 0 Å². The third-order valence-corrected chi connectivity index (χ3v) is 5.01. The largest absolute Gasteiger partial charge is 0.341 e. The molecule has 2 amide bonds. The van der Waals surface area contributed by atoms with Crippen molar-refractivity contribution in [1.82, 2.24) is 15.1 Å². The van der Waals surface area contributed by atoms with Crippen molar-refractivity contribution in [1.29, 1.82) is 0 Å². The first kappa shape index (κ1) is 19.4. The van der Waals surface area contributed by atoms with Gasteiger partial charge in [0.25, 0.3) is 5.91 Å². The maximum absolute atomic E-state index is 12.6. The van der Waals surface area contributed by atoms with E-state index in [0.29, 0.717) is 18.7 Å². The third kappa shape index (κ3) is 5.31. The van der Waals surface area contributed by atoms with Crippen molar-refractivity contribution in [3.63, 3.8) is 0 Å². The molecule has 2 aromatic rings. The number of carbonyl (C=O) groups excluding carboxylic acids is 2. The Bertz CT molecular complexity index is 772. The van der Waals surface area contributed by atoms with Crippen LogP contribution in [0.4, 0.5) is 0 Å². The lowest BCUT2D eigenvalue weighted by molar-refractivity contribution is -0.134. The topological polar surface area (TPSA) is 52.7 Å². The maximum Gasteiger partial charge on any atom is 0.251 e. The molecule has 3 rings (SSSR count). The van der Waals surface area contributed by atoms with Crippen molar-refractivity contribution in [3.8, 4) is 0 Å². The van der Waals surface area contributed by atoms with Gasteiger partial charge in [-0.25, -0.2) is 0 Å². The van der Waals surface area contributed by atoms with E-state index in [-0.39, 0.29) is 11.8 Å². The SMILES string of the molecule is CC(NC(=O)c1ccccc1)C(=O)N1CCN(Cc2ccc(Cl)cc2)CC1. The molecule has 1 atom stereocenters. The van der Waals surface area contributed by atoms with Crippen LogP contribution in [0.15, 0.2) is 54.6 Å². The summed E-state index contributed by atoms with van der Waals surface area (Å²) < 4.78 is 0. The number of hydrogen-bond acceptors (Lipinski definition) is 3. The summed E-state index contributed by atoms with van der Waals surface area (Å²) in [7, 11) is 0. The summed E-state index contributed by atoms with van der Waals surface area (Å²) in [5.74, 6) is -0.261. The molecule has 0 aromatic heterocycles. The maximum atomic E-state index is 12.6. The molecule has 5 nitrogen and oxygen atoms in total. The smallest absolute Gasteiger partial charge is 0.251 e. The zero-order valence-electron chi connectivity index (χ0n) is 15.4. The molecule has 0 spiro atoms. The molecular formula is C21H24ClN3O2. The Hall–Kier alpha value is -2.37. The van der Waals surface area contributed by atoms with Crippen LogP contribution in [0.1, 0.15) is 22.8 Å². The minimum Gasteiger partial charge on any atom is -0.341 e. The normalized spacial score (nSPS) is 16.0. The van der Waals surface area contributed by atoms with E-state index in [1.54, 1.807) is 31.2 Å². The number of piperazine rings is 1. The third-order valence-electron chi connectivity index (χ3n) is 4.76. The Kier molecular flexibility index (Phi) is 6.48. The molecule has 1 N–H and O–H groups in total. The van der Waals surface area contributed by atoms with Crippen LogP contribution in [-0.2, 0) is 11.3 Å². The monoisotopic (exact) mass is 385 g/mol. The molecule has 0 bridgehead atoms. The highest BCUT2D eigenvalue weighted by Crippen LogP contribution is 2.13. The van der Waals surface area contributed by atoms with E-state index >= 15 is 0 Å². The van der Waals surface area contributed by atoms with Crippen LogP contribution in [-0.4, -0.2) is 53.8 Å². The van der Waals surface area contributed by atoms with E-state index in [1.165, 1.54) is 5.56 Å². The molecule has 2 aromatic carbocycles. The molecule has 0 radical (unpaired) electrons. The first-order chi connectivity index (χ1) is 13.0. The summed E-state index contributed by atoms with van der Waals surface area (Å²) in [6.07, 6.45) is 0. The number of rotatable bonds is 5. The highest BCUT2D eigenvalue weighted by molar-refractivity contribution is 6.30. The lowest BCUT2D eigenvalue weighted by atomic mass is 10.1. The van der Waals surface area contributed by atoms with E-state index in [4.69, 9.17) is 11.6 Å². The van der Waals surface area contributed by atoms with Gasteiger partial charge in [0, 0.05) is 43.3 Å². The Morgan fingerprint density at radius 1 is 1.00 bits per heavy atom. The van der Waals surface area contributed by atoms with Crippen LogP contribution in [0.2, 0.25) is 5.02 Å². The number of nitrogens with zero attached hydrogens (tertiary/aromatic N) is 2. The summed E-state index contributed by atoms with van der Waals surface area (Å²) in [5.41, 5.74) is 1.77. The van der Waals surface area contributed by atoms with Gasteiger partial charge < -0.3 is 10.2 Å². The molecule has 142 valence electrons. The van der Waals surface area contributed by atoms with E-state index in [9.17, 15) is 9.59 Å². The number of benzene rings is 2. The molecule has 1 fully saturated rings. The van der Waals surface area contributed by atoms with Gasteiger partial charge in [0.05, 0.1) is 0 Å². The minimum absolute atomic E-state index is 0.0366. The van der Waals surface area contributed by atoms with Crippen molar-refractivity contribution in [3.05, 3.63) is 70.7 Å². The van der Waals surface area contributed by atoms with Gasteiger partial charge in [0.2, 0.25) is 5.91 Å². The molecule has 1 aliphatic rings. The number of amides is 2. The van der Waals surface area contributed by atoms with Crippen LogP contribution < -0.4 is 5.32 Å². The van der Waals surface area contributed by atoms with Crippen LogP contribution >= 0.6 is 11.6 Å². The van der Waals surface area contributed by atoms with E-state index in [1.807, 2.05) is 35.2 Å². The summed E-state index contributed by atoms with van der Waals surface area (Å²) in [6.45, 7) is 5.54. The van der Waals surface area contributed by atoms with Crippen molar-refractivity contribution in [2.24, 2.45) is 0 Å². The number of carbonyl (C=O) groups is 2. The second-order valence-corrected chi connectivity index (χ2v) is 7.23. The average molecular weight is 386 g/mol. The first-order valence-corrected chi connectivity index (χ1v) is 9.52. The van der Waals surface area contributed by atoms with Gasteiger partial charge in [-0.15, -0.1) is 0 Å². The van der Waals surface area contributed by atoms with Gasteiger partial charge in [-0.05, 0) is 36.8 Å². The van der Waals surface area contributed by atoms with E-state index < -0.39 is 6.04 Å². The van der Waals surface area contributed by atoms with Crippen LogP contribution in [0.3, 0.4) is 0 Å². The fraction of sp³-hybridized carbons (Fsp3) is 0.333. The predicted molar refractivity (Wildman–Crippen MR) is 107 cm³/mol. The summed E-state index contributed by atoms with van der Waals surface area (Å²) in [6, 6.07) is 16.3. The Morgan fingerprint density at radius 3 is 2.26 bits per heavy atom. The number of halogens is 1. The van der Waals surface area contributed by atoms with Crippen LogP contribution in [0.5, 0.6) is 0 Å². The highest BCUT2D eigenvalue weighted by atomic mass is 35.5. The fourth-order valence-electron chi connectivity index (χ4n) is 3.18. The molecule has 1 aliphatic heterocycles. The molecule has 0 aliphatic carbocycles. The van der Waals surface area contributed by atoms with Gasteiger partial charge in [-0.2, -0.15) is 0 Å². The molecule has 1 unspecified atom stereocenters. The standard InChI is InChI=1S/C21H24ClN3O2/c1-16(23-20(26)18-5-3-2-4-6-18)21(27)25-13-11-24(12-14-25)15-17-7-9-19(22)10-8-17/h2-10,16H,11-15H2,1H3,(H,23,26). The Morgan fingerprint density at radius 2 is 1.63 bits per heavy atom. The predicted octanol–water partition coefficient (Wildman–Crippen LogP) is 2.80. The van der Waals surface area contributed by atoms with Gasteiger partial charge >= 0.3 is 0 Å². The van der Waals surface area contributed by atoms with Crippen molar-refractivity contribution in [2.75, 3.05) is 26.2 Å². The fourth-order valence-corrected chi connectivity index (χ4v) is 3.31. The number of hydrogen-bond donors (Lipinski definition) is 1. The molecule has 27 heavy (non-hydrogen) atoms. The van der Waals surface area contributed by atoms with Crippen molar-refractivity contribution in [2.45, 2.75) is 19.5 Å². The highest BCUT2D eigenvalue weighted by Gasteiger charge is 2.26. The minimum atomic E-state index is -0.541. The zero-order chi connectivity index (χ0) is 19.2. The average Bonchev–Trinajstić information content (AvgIpc) is 2.70. The second-order valence-electron chi connectivity index (χ2n) is 6.79. The molecule has 1 heterocycles. The van der Waals surface area contributed by atoms with Gasteiger partial charge in [0.1, 0.15) is 6.04 Å². The lowest BCUT2D eigenvalue weighted by Crippen LogP contribution is -2.53. The van der Waals surface area contributed by atoms with Crippen LogP contribution in [0, 0.1) is 0 Å². The van der Waals surface area contributed by atoms with Crippen molar-refractivity contribution >= 4 is 23.4 Å². The van der Waals surface area contributed by atoms with Gasteiger partial charge in [-0.1, -0.05) is 41.9 Å². The first-order valence-electron chi connectivity index (χ1n) is 9.14. The molecule has 0 saturated carbocycles.